The Balaban J connectivity index is 1.81. The van der Waals surface area contributed by atoms with E-state index in [-0.39, 0.29) is 23.3 Å². The lowest BCUT2D eigenvalue weighted by Crippen LogP contribution is -2.29. The number of carbonyl (C=O) groups is 1. The van der Waals surface area contributed by atoms with Crippen LogP contribution >= 0.6 is 0 Å². The van der Waals surface area contributed by atoms with Crippen molar-refractivity contribution in [1.82, 2.24) is 9.55 Å². The maximum atomic E-state index is 13.9. The van der Waals surface area contributed by atoms with E-state index in [1.807, 2.05) is 30.5 Å². The highest BCUT2D eigenvalue weighted by Crippen LogP contribution is 2.43. The molecule has 0 spiro atoms. The normalized spacial score (nSPS) is 11.8. The Morgan fingerprint density at radius 1 is 1.03 bits per heavy atom. The van der Waals surface area contributed by atoms with Crippen LogP contribution in [0.25, 0.3) is 10.9 Å². The van der Waals surface area contributed by atoms with E-state index < -0.39 is 11.9 Å². The number of H-pyrrole nitrogens is 1. The molecule has 9 heteroatoms. The average Bonchev–Trinajstić information content (AvgIpc) is 3.34. The first-order chi connectivity index (χ1) is 18.3. The van der Waals surface area contributed by atoms with Gasteiger partial charge in [-0.3, -0.25) is 9.59 Å². The van der Waals surface area contributed by atoms with Crippen LogP contribution in [0.1, 0.15) is 34.7 Å². The van der Waals surface area contributed by atoms with Crippen LogP contribution in [0.3, 0.4) is 0 Å². The third-order valence-corrected chi connectivity index (χ3v) is 6.84. The molecule has 200 valence electrons. The summed E-state index contributed by atoms with van der Waals surface area (Å²) in [5.74, 6) is -0.457. The lowest BCUT2D eigenvalue weighted by molar-refractivity contribution is -0.140. The Morgan fingerprint density at radius 3 is 2.34 bits per heavy atom. The van der Waals surface area contributed by atoms with Crippen LogP contribution in [0.2, 0.25) is 0 Å². The second kappa shape index (κ2) is 11.3. The summed E-state index contributed by atoms with van der Waals surface area (Å²) in [6.45, 7) is 2.16. The summed E-state index contributed by atoms with van der Waals surface area (Å²) >= 11 is 0. The molecule has 38 heavy (non-hydrogen) atoms. The molecule has 2 aromatic heterocycles. The highest BCUT2D eigenvalue weighted by Gasteiger charge is 2.29. The molecule has 0 amide bonds. The van der Waals surface area contributed by atoms with Gasteiger partial charge in [-0.15, -0.1) is 0 Å². The zero-order chi connectivity index (χ0) is 27.4. The molecule has 0 unspecified atom stereocenters. The predicted molar refractivity (Wildman–Crippen MR) is 144 cm³/mol. The molecule has 0 radical (unpaired) electrons. The Labute approximate surface area is 220 Å². The van der Waals surface area contributed by atoms with Crippen molar-refractivity contribution >= 4 is 16.9 Å². The van der Waals surface area contributed by atoms with E-state index in [1.54, 1.807) is 29.7 Å². The number of benzene rings is 2. The summed E-state index contributed by atoms with van der Waals surface area (Å²) in [6, 6.07) is 12.9. The number of ether oxygens (including phenoxy) is 4. The first-order valence-corrected chi connectivity index (χ1v) is 12.2. The molecule has 4 rings (SSSR count). The second-order valence-electron chi connectivity index (χ2n) is 8.94. The molecule has 2 N–H and O–H groups in total. The zero-order valence-electron chi connectivity index (χ0n) is 22.2. The molecule has 0 saturated carbocycles. The van der Waals surface area contributed by atoms with Crippen molar-refractivity contribution in [2.45, 2.75) is 32.2 Å². The number of aryl methyl sites for hydroxylation is 2. The minimum absolute atomic E-state index is 0.0919. The first kappa shape index (κ1) is 26.7. The number of carbonyl (C=O) groups excluding carboxylic acids is 1. The van der Waals surface area contributed by atoms with Gasteiger partial charge in [-0.2, -0.15) is 0 Å². The SMILES string of the molecule is COC(=O)C[C@H](c1cc(OC)c(OC)c(OC)c1)c1c(O)cc(C)n(CCc2c[nH]c3ccccc23)c1=O. The number of fused-ring (bicyclic) bond motifs is 1. The Kier molecular flexibility index (Phi) is 7.95. The maximum Gasteiger partial charge on any atom is 0.306 e. The summed E-state index contributed by atoms with van der Waals surface area (Å²) < 4.78 is 22.9. The lowest BCUT2D eigenvalue weighted by atomic mass is 9.87. The van der Waals surface area contributed by atoms with Crippen molar-refractivity contribution in [3.63, 3.8) is 0 Å². The van der Waals surface area contributed by atoms with Crippen molar-refractivity contribution < 1.29 is 28.8 Å². The molecule has 0 aliphatic rings. The fourth-order valence-electron chi connectivity index (χ4n) is 4.88. The molecule has 0 bridgehead atoms. The predicted octanol–water partition coefficient (Wildman–Crippen LogP) is 4.31. The third kappa shape index (κ3) is 5.04. The van der Waals surface area contributed by atoms with Crippen molar-refractivity contribution in [3.8, 4) is 23.0 Å². The topological polar surface area (TPSA) is 112 Å². The van der Waals surface area contributed by atoms with Crippen LogP contribution in [0.4, 0.5) is 0 Å². The number of aromatic amines is 1. The quantitative estimate of drug-likeness (QED) is 0.300. The van der Waals surface area contributed by atoms with Crippen LogP contribution in [0.5, 0.6) is 23.0 Å². The monoisotopic (exact) mass is 520 g/mol. The summed E-state index contributed by atoms with van der Waals surface area (Å²) in [7, 11) is 5.74. The van der Waals surface area contributed by atoms with Gasteiger partial charge >= 0.3 is 5.97 Å². The number of hydrogen-bond donors (Lipinski definition) is 2. The van der Waals surface area contributed by atoms with Crippen molar-refractivity contribution in [3.05, 3.63) is 81.4 Å². The fraction of sp³-hybridized carbons (Fsp3) is 0.310. The van der Waals surface area contributed by atoms with Crippen molar-refractivity contribution in [2.24, 2.45) is 0 Å². The molecule has 2 aromatic carbocycles. The van der Waals surface area contributed by atoms with Crippen molar-refractivity contribution in [2.75, 3.05) is 28.4 Å². The number of hydrogen-bond acceptors (Lipinski definition) is 7. The minimum atomic E-state index is -0.830. The summed E-state index contributed by atoms with van der Waals surface area (Å²) in [4.78, 5) is 29.6. The van der Waals surface area contributed by atoms with Crippen LogP contribution < -0.4 is 19.8 Å². The fourth-order valence-corrected chi connectivity index (χ4v) is 4.88. The van der Waals surface area contributed by atoms with Crippen molar-refractivity contribution in [1.29, 1.82) is 0 Å². The highest BCUT2D eigenvalue weighted by molar-refractivity contribution is 5.83. The van der Waals surface area contributed by atoms with Gasteiger partial charge in [0, 0.05) is 35.3 Å². The van der Waals surface area contributed by atoms with E-state index >= 15 is 0 Å². The molecule has 9 nitrogen and oxygen atoms in total. The van der Waals surface area contributed by atoms with Gasteiger partial charge in [-0.05, 0) is 48.7 Å². The maximum absolute atomic E-state index is 13.9. The first-order valence-electron chi connectivity index (χ1n) is 12.2. The third-order valence-electron chi connectivity index (χ3n) is 6.84. The summed E-state index contributed by atoms with van der Waals surface area (Å²) in [5.41, 5.74) is 2.96. The zero-order valence-corrected chi connectivity index (χ0v) is 22.2. The summed E-state index contributed by atoms with van der Waals surface area (Å²) in [6.07, 6.45) is 2.37. The lowest BCUT2D eigenvalue weighted by Gasteiger charge is -2.22. The van der Waals surface area contributed by atoms with Gasteiger partial charge in [0.25, 0.3) is 5.56 Å². The van der Waals surface area contributed by atoms with Crippen LogP contribution in [0.15, 0.2) is 53.5 Å². The van der Waals surface area contributed by atoms with Gasteiger partial charge in [0.15, 0.2) is 11.5 Å². The largest absolute Gasteiger partial charge is 0.507 e. The van der Waals surface area contributed by atoms with E-state index in [1.165, 1.54) is 28.4 Å². The molecular weight excluding hydrogens is 488 g/mol. The van der Waals surface area contributed by atoms with Gasteiger partial charge < -0.3 is 33.6 Å². The number of nitrogens with one attached hydrogen (secondary N) is 1. The number of rotatable bonds is 10. The molecule has 0 aliphatic heterocycles. The molecule has 0 aliphatic carbocycles. The molecular formula is C29H32N2O7. The number of para-hydroxylation sites is 1. The number of methoxy groups -OCH3 is 4. The second-order valence-corrected chi connectivity index (χ2v) is 8.94. The van der Waals surface area contributed by atoms with Gasteiger partial charge in [0.05, 0.1) is 40.4 Å². The van der Waals surface area contributed by atoms with Gasteiger partial charge in [-0.25, -0.2) is 0 Å². The Morgan fingerprint density at radius 2 is 1.71 bits per heavy atom. The van der Waals surface area contributed by atoms with E-state index in [0.717, 1.165) is 16.5 Å². The number of aromatic nitrogens is 2. The van der Waals surface area contributed by atoms with Gasteiger partial charge in [0.1, 0.15) is 5.75 Å². The van der Waals surface area contributed by atoms with Gasteiger partial charge in [0.2, 0.25) is 5.75 Å². The van der Waals surface area contributed by atoms with Gasteiger partial charge in [-0.1, -0.05) is 18.2 Å². The minimum Gasteiger partial charge on any atom is -0.507 e. The summed E-state index contributed by atoms with van der Waals surface area (Å²) in [5, 5.41) is 12.1. The van der Waals surface area contributed by atoms with Crippen LogP contribution in [-0.4, -0.2) is 49.1 Å². The molecule has 4 aromatic rings. The number of pyridine rings is 1. The number of nitrogens with zero attached hydrogens (tertiary/aromatic N) is 1. The van der Waals surface area contributed by atoms with E-state index in [0.29, 0.717) is 41.5 Å². The molecule has 0 saturated heterocycles. The Hall–Kier alpha value is -4.40. The smallest absolute Gasteiger partial charge is 0.306 e. The van der Waals surface area contributed by atoms with Crippen LogP contribution in [0, 0.1) is 6.92 Å². The number of aromatic hydroxyl groups is 1. The molecule has 0 fully saturated rings. The van der Waals surface area contributed by atoms with E-state index in [2.05, 4.69) is 4.98 Å². The van der Waals surface area contributed by atoms with E-state index in [9.17, 15) is 14.7 Å². The standard InChI is InChI=1S/C29H32N2O7/c1-17-12-23(32)27(29(34)31(17)11-10-18-16-30-22-9-7-6-8-20(18)22)21(15-26(33)37-4)19-13-24(35-2)28(38-5)25(14-19)36-3/h6-9,12-14,16,21,30,32H,10-11,15H2,1-5H3/t21-/m1/s1. The Bertz CT molecular complexity index is 1490. The molecule has 2 heterocycles. The average molecular weight is 521 g/mol. The highest BCUT2D eigenvalue weighted by atomic mass is 16.5. The molecule has 1 atom stereocenters. The number of esters is 1. The van der Waals surface area contributed by atoms with Crippen LogP contribution in [-0.2, 0) is 22.5 Å². The van der Waals surface area contributed by atoms with E-state index in [4.69, 9.17) is 18.9 Å².